The molecule has 0 spiro atoms. The zero-order valence-corrected chi connectivity index (χ0v) is 17.0. The van der Waals surface area contributed by atoms with E-state index >= 15 is 0 Å². The molecule has 0 amide bonds. The van der Waals surface area contributed by atoms with Gasteiger partial charge in [-0.25, -0.2) is 0 Å². The second-order valence-electron chi connectivity index (χ2n) is 7.95. The Morgan fingerprint density at radius 1 is 0.880 bits per heavy atom. The minimum absolute atomic E-state index is 0.0415. The molecule has 0 aromatic heterocycles. The summed E-state index contributed by atoms with van der Waals surface area (Å²) in [5.74, 6) is 0.476. The van der Waals surface area contributed by atoms with Crippen molar-refractivity contribution in [3.8, 4) is 0 Å². The van der Waals surface area contributed by atoms with Gasteiger partial charge in [0, 0.05) is 5.92 Å². The molecule has 3 heteroatoms. The van der Waals surface area contributed by atoms with E-state index in [0.29, 0.717) is 12.0 Å². The summed E-state index contributed by atoms with van der Waals surface area (Å²) >= 11 is 0. The van der Waals surface area contributed by atoms with Crippen LogP contribution in [0.25, 0.3) is 0 Å². The summed E-state index contributed by atoms with van der Waals surface area (Å²) in [6.07, 6.45) is 18.8. The van der Waals surface area contributed by atoms with E-state index in [1.807, 2.05) is 0 Å². The highest BCUT2D eigenvalue weighted by Gasteiger charge is 2.25. The van der Waals surface area contributed by atoms with Crippen LogP contribution in [0.4, 0.5) is 0 Å². The summed E-state index contributed by atoms with van der Waals surface area (Å²) in [6, 6.07) is 0. The third kappa shape index (κ3) is 12.0. The summed E-state index contributed by atoms with van der Waals surface area (Å²) in [5, 5.41) is 9.17. The Bertz CT molecular complexity index is 282. The van der Waals surface area contributed by atoms with Crippen LogP contribution in [0.3, 0.4) is 0 Å². The third-order valence-electron chi connectivity index (χ3n) is 5.44. The van der Waals surface area contributed by atoms with Crippen LogP contribution in [0, 0.1) is 5.92 Å². The molecule has 0 radical (unpaired) electrons. The van der Waals surface area contributed by atoms with Crippen LogP contribution in [-0.4, -0.2) is 37.1 Å². The molecule has 0 aromatic rings. The fourth-order valence-electron chi connectivity index (χ4n) is 3.73. The van der Waals surface area contributed by atoms with E-state index in [1.165, 1.54) is 83.5 Å². The molecular weight excluding hydrogens is 312 g/mol. The molecule has 1 aliphatic heterocycles. The van der Waals surface area contributed by atoms with Gasteiger partial charge in [0.2, 0.25) is 0 Å². The molecule has 150 valence electrons. The Kier molecular flexibility index (Phi) is 14.7. The average Bonchev–Trinajstić information content (AvgIpc) is 3.09. The monoisotopic (exact) mass is 356 g/mol. The molecule has 25 heavy (non-hydrogen) atoms. The molecule has 0 bridgehead atoms. The first-order valence-corrected chi connectivity index (χ1v) is 11.1. The van der Waals surface area contributed by atoms with Gasteiger partial charge < -0.3 is 14.6 Å². The molecule has 1 aliphatic rings. The number of aliphatic hydroxyl groups is 1. The van der Waals surface area contributed by atoms with Gasteiger partial charge >= 0.3 is 0 Å². The van der Waals surface area contributed by atoms with Crippen LogP contribution in [0.2, 0.25) is 0 Å². The van der Waals surface area contributed by atoms with Gasteiger partial charge in [-0.05, 0) is 19.3 Å². The summed E-state index contributed by atoms with van der Waals surface area (Å²) in [6.45, 7) is 6.25. The summed E-state index contributed by atoms with van der Waals surface area (Å²) in [7, 11) is 0. The molecule has 3 atom stereocenters. The van der Waals surface area contributed by atoms with Gasteiger partial charge in [0.25, 0.3) is 0 Å². The van der Waals surface area contributed by atoms with Crippen LogP contribution in [0.5, 0.6) is 0 Å². The Morgan fingerprint density at radius 3 is 2.04 bits per heavy atom. The van der Waals surface area contributed by atoms with Gasteiger partial charge in [-0.2, -0.15) is 0 Å². The number of rotatable bonds is 17. The van der Waals surface area contributed by atoms with Crippen molar-refractivity contribution in [2.24, 2.45) is 5.92 Å². The molecule has 1 rings (SSSR count). The Labute approximate surface area is 156 Å². The summed E-state index contributed by atoms with van der Waals surface area (Å²) < 4.78 is 11.8. The maximum absolute atomic E-state index is 9.17. The van der Waals surface area contributed by atoms with E-state index in [2.05, 4.69) is 13.8 Å². The first kappa shape index (κ1) is 22.9. The van der Waals surface area contributed by atoms with Crippen molar-refractivity contribution in [2.45, 2.75) is 116 Å². The zero-order chi connectivity index (χ0) is 18.2. The highest BCUT2D eigenvalue weighted by molar-refractivity contribution is 4.73. The van der Waals surface area contributed by atoms with Crippen molar-refractivity contribution >= 4 is 0 Å². The predicted octanol–water partition coefficient (Wildman–Crippen LogP) is 5.88. The normalized spacial score (nSPS) is 21.7. The second-order valence-corrected chi connectivity index (χ2v) is 7.95. The van der Waals surface area contributed by atoms with Crippen molar-refractivity contribution in [3.63, 3.8) is 0 Å². The largest absolute Gasteiger partial charge is 0.394 e. The zero-order valence-electron chi connectivity index (χ0n) is 17.0. The number of hydrogen-bond acceptors (Lipinski definition) is 3. The van der Waals surface area contributed by atoms with E-state index in [0.717, 1.165) is 19.6 Å². The van der Waals surface area contributed by atoms with E-state index in [-0.39, 0.29) is 12.7 Å². The van der Waals surface area contributed by atoms with Crippen molar-refractivity contribution in [1.82, 2.24) is 0 Å². The van der Waals surface area contributed by atoms with Gasteiger partial charge in [-0.15, -0.1) is 0 Å². The number of hydrogen-bond donors (Lipinski definition) is 1. The molecule has 0 saturated carbocycles. The fraction of sp³-hybridized carbons (Fsp3) is 1.00. The first-order chi connectivity index (χ1) is 12.3. The minimum atomic E-state index is 0.0415. The van der Waals surface area contributed by atoms with E-state index in [4.69, 9.17) is 9.47 Å². The molecule has 1 N–H and O–H groups in total. The topological polar surface area (TPSA) is 38.7 Å². The van der Waals surface area contributed by atoms with Crippen LogP contribution in [-0.2, 0) is 9.47 Å². The smallest absolute Gasteiger partial charge is 0.0810 e. The Morgan fingerprint density at radius 2 is 1.44 bits per heavy atom. The SMILES string of the molecule is CCCCCCCCCCC(CCCCC)OCC1COC(CO)C1. The minimum Gasteiger partial charge on any atom is -0.394 e. The molecule has 3 nitrogen and oxygen atoms in total. The van der Waals surface area contributed by atoms with Crippen molar-refractivity contribution in [3.05, 3.63) is 0 Å². The predicted molar refractivity (Wildman–Crippen MR) is 106 cm³/mol. The molecule has 1 fully saturated rings. The van der Waals surface area contributed by atoms with Crippen molar-refractivity contribution < 1.29 is 14.6 Å². The van der Waals surface area contributed by atoms with Gasteiger partial charge in [0.15, 0.2) is 0 Å². The maximum atomic E-state index is 9.17. The van der Waals surface area contributed by atoms with Gasteiger partial charge in [0.05, 0.1) is 32.0 Å². The lowest BCUT2D eigenvalue weighted by Crippen LogP contribution is -2.19. The first-order valence-electron chi connectivity index (χ1n) is 11.1. The summed E-state index contributed by atoms with van der Waals surface area (Å²) in [5.41, 5.74) is 0. The quantitative estimate of drug-likeness (QED) is 0.331. The standard InChI is InChI=1S/C22H44O3/c1-3-5-7-8-9-10-11-13-15-21(14-12-6-4-2)24-18-20-16-22(17-23)25-19-20/h20-23H,3-19H2,1-2H3. The van der Waals surface area contributed by atoms with Gasteiger partial charge in [-0.3, -0.25) is 0 Å². The molecule has 0 aromatic carbocycles. The molecular formula is C22H44O3. The third-order valence-corrected chi connectivity index (χ3v) is 5.44. The maximum Gasteiger partial charge on any atom is 0.0810 e. The van der Waals surface area contributed by atoms with Crippen LogP contribution < -0.4 is 0 Å². The Balaban J connectivity index is 2.12. The van der Waals surface area contributed by atoms with Crippen LogP contribution in [0.15, 0.2) is 0 Å². The second kappa shape index (κ2) is 16.1. The van der Waals surface area contributed by atoms with E-state index in [1.54, 1.807) is 0 Å². The van der Waals surface area contributed by atoms with Gasteiger partial charge in [-0.1, -0.05) is 84.5 Å². The number of aliphatic hydroxyl groups excluding tert-OH is 1. The highest BCUT2D eigenvalue weighted by atomic mass is 16.5. The van der Waals surface area contributed by atoms with Crippen molar-refractivity contribution in [2.75, 3.05) is 19.8 Å². The lowest BCUT2D eigenvalue weighted by molar-refractivity contribution is 0.0119. The number of ether oxygens (including phenoxy) is 2. The van der Waals surface area contributed by atoms with Crippen LogP contribution in [0.1, 0.15) is 104 Å². The number of unbranched alkanes of at least 4 members (excludes halogenated alkanes) is 9. The van der Waals surface area contributed by atoms with Crippen LogP contribution >= 0.6 is 0 Å². The molecule has 0 aliphatic carbocycles. The lowest BCUT2D eigenvalue weighted by Gasteiger charge is -2.20. The molecule has 1 saturated heterocycles. The molecule has 3 unspecified atom stereocenters. The lowest BCUT2D eigenvalue weighted by atomic mass is 10.0. The van der Waals surface area contributed by atoms with E-state index < -0.39 is 0 Å². The Hall–Kier alpha value is -0.120. The average molecular weight is 357 g/mol. The molecule has 1 heterocycles. The highest BCUT2D eigenvalue weighted by Crippen LogP contribution is 2.22. The van der Waals surface area contributed by atoms with E-state index in [9.17, 15) is 5.11 Å². The summed E-state index contributed by atoms with van der Waals surface area (Å²) in [4.78, 5) is 0. The van der Waals surface area contributed by atoms with Crippen molar-refractivity contribution in [1.29, 1.82) is 0 Å². The van der Waals surface area contributed by atoms with Gasteiger partial charge in [0.1, 0.15) is 0 Å². The fourth-order valence-corrected chi connectivity index (χ4v) is 3.73.